The Bertz CT molecular complexity index is 891. The van der Waals surface area contributed by atoms with Crippen LogP contribution in [0.5, 0.6) is 0 Å². The summed E-state index contributed by atoms with van der Waals surface area (Å²) in [6, 6.07) is 7.28. The van der Waals surface area contributed by atoms with E-state index in [1.165, 1.54) is 53.2 Å². The van der Waals surface area contributed by atoms with E-state index in [0.29, 0.717) is 11.6 Å². The predicted octanol–water partition coefficient (Wildman–Crippen LogP) is 4.77. The van der Waals surface area contributed by atoms with Crippen LogP contribution in [0.2, 0.25) is 0 Å². The molecule has 0 saturated heterocycles. The molecule has 0 bridgehead atoms. The molecule has 1 saturated carbocycles. The Balaban J connectivity index is 1.83. The molecular formula is C23H31N3O3. The predicted molar refractivity (Wildman–Crippen MR) is 114 cm³/mol. The van der Waals surface area contributed by atoms with Crippen molar-refractivity contribution in [2.75, 3.05) is 4.90 Å². The fourth-order valence-corrected chi connectivity index (χ4v) is 3.65. The van der Waals surface area contributed by atoms with Gasteiger partial charge in [0.1, 0.15) is 5.60 Å². The Hall–Kier alpha value is -2.63. The summed E-state index contributed by atoms with van der Waals surface area (Å²) in [6.45, 7) is 5.71. The van der Waals surface area contributed by atoms with E-state index < -0.39 is 11.7 Å². The van der Waals surface area contributed by atoms with E-state index in [-0.39, 0.29) is 12.1 Å². The monoisotopic (exact) mass is 397 g/mol. The lowest BCUT2D eigenvalue weighted by Crippen LogP contribution is -2.37. The molecule has 0 unspecified atom stereocenters. The van der Waals surface area contributed by atoms with Gasteiger partial charge in [0.15, 0.2) is 0 Å². The van der Waals surface area contributed by atoms with Crippen LogP contribution in [0.1, 0.15) is 70.1 Å². The molecule has 2 aromatic heterocycles. The van der Waals surface area contributed by atoms with E-state index in [4.69, 9.17) is 4.74 Å². The van der Waals surface area contributed by atoms with Crippen LogP contribution in [0.3, 0.4) is 0 Å². The fraction of sp³-hybridized carbons (Fsp3) is 0.522. The average molecular weight is 398 g/mol. The van der Waals surface area contributed by atoms with E-state index in [9.17, 15) is 9.59 Å². The standard InChI is InChI=1S/C23H31N3O3/c1-23(2,3)29-22(28)26(20-12-13-25(4)21(27)14-20)16-19-11-10-18(15-24-19)17-8-6-5-7-9-17/h10-15,17H,5-9,16H2,1-4H3. The molecule has 6 nitrogen and oxygen atoms in total. The summed E-state index contributed by atoms with van der Waals surface area (Å²) >= 11 is 0. The summed E-state index contributed by atoms with van der Waals surface area (Å²) < 4.78 is 7.03. The van der Waals surface area contributed by atoms with Crippen LogP contribution in [0, 0.1) is 0 Å². The van der Waals surface area contributed by atoms with Crippen molar-refractivity contribution in [3.63, 3.8) is 0 Å². The summed E-state index contributed by atoms with van der Waals surface area (Å²) in [6.07, 6.45) is 9.41. The first-order valence-corrected chi connectivity index (χ1v) is 10.3. The lowest BCUT2D eigenvalue weighted by atomic mass is 9.85. The molecule has 3 rings (SSSR count). The molecule has 1 amide bonds. The Kier molecular flexibility index (Phi) is 6.40. The summed E-state index contributed by atoms with van der Waals surface area (Å²) in [5.41, 5.74) is 1.71. The third-order valence-electron chi connectivity index (χ3n) is 5.26. The minimum Gasteiger partial charge on any atom is -0.443 e. The minimum absolute atomic E-state index is 0.184. The molecule has 156 valence electrons. The number of pyridine rings is 2. The smallest absolute Gasteiger partial charge is 0.415 e. The number of carbonyl (C=O) groups excluding carboxylic acids is 1. The van der Waals surface area contributed by atoms with E-state index >= 15 is 0 Å². The van der Waals surface area contributed by atoms with Crippen LogP contribution in [0.25, 0.3) is 0 Å². The number of amides is 1. The van der Waals surface area contributed by atoms with Gasteiger partial charge in [0.25, 0.3) is 5.56 Å². The van der Waals surface area contributed by atoms with Gasteiger partial charge >= 0.3 is 6.09 Å². The van der Waals surface area contributed by atoms with Crippen molar-refractivity contribution in [1.29, 1.82) is 0 Å². The molecule has 6 heteroatoms. The number of anilines is 1. The van der Waals surface area contributed by atoms with Crippen LogP contribution in [0.15, 0.2) is 41.5 Å². The second-order valence-corrected chi connectivity index (χ2v) is 8.82. The van der Waals surface area contributed by atoms with Crippen molar-refractivity contribution in [2.24, 2.45) is 7.05 Å². The number of nitrogens with zero attached hydrogens (tertiary/aromatic N) is 3. The average Bonchev–Trinajstić information content (AvgIpc) is 2.68. The van der Waals surface area contributed by atoms with Gasteiger partial charge in [-0.1, -0.05) is 25.3 Å². The van der Waals surface area contributed by atoms with Gasteiger partial charge in [-0.2, -0.15) is 0 Å². The summed E-state index contributed by atoms with van der Waals surface area (Å²) in [4.78, 5) is 31.0. The molecule has 1 fully saturated rings. The van der Waals surface area contributed by atoms with Gasteiger partial charge in [0.05, 0.1) is 17.9 Å². The highest BCUT2D eigenvalue weighted by atomic mass is 16.6. The Morgan fingerprint density at radius 1 is 1.21 bits per heavy atom. The highest BCUT2D eigenvalue weighted by Crippen LogP contribution is 2.32. The van der Waals surface area contributed by atoms with E-state index in [1.54, 1.807) is 19.3 Å². The normalized spacial score (nSPS) is 15.2. The zero-order valence-corrected chi connectivity index (χ0v) is 17.9. The first-order chi connectivity index (χ1) is 13.7. The summed E-state index contributed by atoms with van der Waals surface area (Å²) in [5.74, 6) is 0.587. The lowest BCUT2D eigenvalue weighted by Gasteiger charge is -2.27. The maximum Gasteiger partial charge on any atom is 0.415 e. The third kappa shape index (κ3) is 5.68. The van der Waals surface area contributed by atoms with Gasteiger partial charge < -0.3 is 9.30 Å². The molecule has 29 heavy (non-hydrogen) atoms. The SMILES string of the molecule is Cn1ccc(N(Cc2ccc(C3CCCCC3)cn2)C(=O)OC(C)(C)C)cc1=O. The molecular weight excluding hydrogens is 366 g/mol. The van der Waals surface area contributed by atoms with Crippen molar-refractivity contribution < 1.29 is 9.53 Å². The molecule has 0 radical (unpaired) electrons. The molecule has 1 aliphatic carbocycles. The van der Waals surface area contributed by atoms with Crippen LogP contribution >= 0.6 is 0 Å². The molecule has 1 aliphatic rings. The first-order valence-electron chi connectivity index (χ1n) is 10.3. The highest BCUT2D eigenvalue weighted by molar-refractivity contribution is 5.87. The number of ether oxygens (including phenoxy) is 1. The number of carbonyl (C=O) groups is 1. The van der Waals surface area contributed by atoms with E-state index in [1.807, 2.05) is 33.0 Å². The quantitative estimate of drug-likeness (QED) is 0.745. The Morgan fingerprint density at radius 2 is 1.93 bits per heavy atom. The maximum absolute atomic E-state index is 12.8. The first kappa shape index (κ1) is 21.1. The Morgan fingerprint density at radius 3 is 2.52 bits per heavy atom. The number of rotatable bonds is 4. The second-order valence-electron chi connectivity index (χ2n) is 8.82. The Labute approximate surface area is 172 Å². The fourth-order valence-electron chi connectivity index (χ4n) is 3.65. The highest BCUT2D eigenvalue weighted by Gasteiger charge is 2.25. The largest absolute Gasteiger partial charge is 0.443 e. The number of hydrogen-bond acceptors (Lipinski definition) is 4. The van der Waals surface area contributed by atoms with Gasteiger partial charge in [-0.05, 0) is 57.2 Å². The maximum atomic E-state index is 12.8. The third-order valence-corrected chi connectivity index (χ3v) is 5.26. The van der Waals surface area contributed by atoms with Gasteiger partial charge in [-0.15, -0.1) is 0 Å². The lowest BCUT2D eigenvalue weighted by molar-refractivity contribution is 0.0577. The van der Waals surface area contributed by atoms with Crippen LogP contribution in [0.4, 0.5) is 10.5 Å². The molecule has 2 heterocycles. The van der Waals surface area contributed by atoms with Crippen molar-refractivity contribution in [2.45, 2.75) is 70.9 Å². The van der Waals surface area contributed by atoms with Crippen molar-refractivity contribution in [3.05, 3.63) is 58.3 Å². The minimum atomic E-state index is -0.632. The van der Waals surface area contributed by atoms with Crippen LogP contribution in [-0.4, -0.2) is 21.2 Å². The molecule has 0 aliphatic heterocycles. The van der Waals surface area contributed by atoms with Gasteiger partial charge in [-0.25, -0.2) is 4.79 Å². The summed E-state index contributed by atoms with van der Waals surface area (Å²) in [5, 5.41) is 0. The molecule has 0 N–H and O–H groups in total. The van der Waals surface area contributed by atoms with Crippen molar-refractivity contribution in [1.82, 2.24) is 9.55 Å². The zero-order valence-electron chi connectivity index (χ0n) is 17.9. The van der Waals surface area contributed by atoms with Crippen molar-refractivity contribution in [3.8, 4) is 0 Å². The zero-order chi connectivity index (χ0) is 21.0. The van der Waals surface area contributed by atoms with E-state index in [0.717, 1.165) is 5.69 Å². The van der Waals surface area contributed by atoms with Gasteiger partial charge in [0.2, 0.25) is 0 Å². The number of aromatic nitrogens is 2. The van der Waals surface area contributed by atoms with Gasteiger partial charge in [0, 0.05) is 25.5 Å². The molecule has 0 aromatic carbocycles. The van der Waals surface area contributed by atoms with Crippen LogP contribution in [-0.2, 0) is 18.3 Å². The number of aryl methyl sites for hydroxylation is 1. The van der Waals surface area contributed by atoms with Crippen LogP contribution < -0.4 is 10.5 Å². The molecule has 0 spiro atoms. The van der Waals surface area contributed by atoms with E-state index in [2.05, 4.69) is 11.1 Å². The van der Waals surface area contributed by atoms with Crippen molar-refractivity contribution >= 4 is 11.8 Å². The number of hydrogen-bond donors (Lipinski definition) is 0. The second kappa shape index (κ2) is 8.80. The summed E-state index contributed by atoms with van der Waals surface area (Å²) in [7, 11) is 1.68. The van der Waals surface area contributed by atoms with Gasteiger partial charge in [-0.3, -0.25) is 14.7 Å². The topological polar surface area (TPSA) is 64.4 Å². The molecule has 2 aromatic rings. The molecule has 0 atom stereocenters.